The molecule has 0 saturated carbocycles. The van der Waals surface area contributed by atoms with Crippen molar-refractivity contribution in [2.45, 2.75) is 20.8 Å². The van der Waals surface area contributed by atoms with Gasteiger partial charge in [0.2, 0.25) is 5.43 Å². The molecule has 3 aromatic rings. The van der Waals surface area contributed by atoms with Gasteiger partial charge < -0.3 is 0 Å². The number of para-hydroxylation sites is 1. The van der Waals surface area contributed by atoms with Gasteiger partial charge in [-0.05, 0) is 55.7 Å². The first-order valence-corrected chi connectivity index (χ1v) is 6.63. The molecule has 0 amide bonds. The van der Waals surface area contributed by atoms with Gasteiger partial charge in [0.25, 0.3) is 0 Å². The summed E-state index contributed by atoms with van der Waals surface area (Å²) in [7, 11) is 0. The smallest absolute Gasteiger partial charge is 0.215 e. The van der Waals surface area contributed by atoms with Crippen LogP contribution in [0.3, 0.4) is 0 Å². The number of rotatable bonds is 1. The minimum Gasteiger partial charge on any atom is -0.287 e. The molecule has 0 unspecified atom stereocenters. The number of benzene rings is 2. The third-order valence-electron chi connectivity index (χ3n) is 3.77. The second-order valence-electron chi connectivity index (χ2n) is 5.20. The summed E-state index contributed by atoms with van der Waals surface area (Å²) in [6.07, 6.45) is 0. The summed E-state index contributed by atoms with van der Waals surface area (Å²) < 4.78 is 0. The number of hydrogen-bond donors (Lipinski definition) is 1. The molecule has 0 saturated heterocycles. The molecular weight excluding hydrogens is 248 g/mol. The summed E-state index contributed by atoms with van der Waals surface area (Å²) in [5.74, 6) is 0. The molecule has 3 rings (SSSR count). The van der Waals surface area contributed by atoms with E-state index in [-0.39, 0.29) is 5.43 Å². The average Bonchev–Trinajstić information content (AvgIpc) is 2.44. The zero-order valence-electron chi connectivity index (χ0n) is 11.8. The summed E-state index contributed by atoms with van der Waals surface area (Å²) in [5, 5.41) is 7.92. The third kappa shape index (κ3) is 1.92. The van der Waals surface area contributed by atoms with Crippen LogP contribution in [0.25, 0.3) is 22.2 Å². The van der Waals surface area contributed by atoms with Crippen LogP contribution in [0.15, 0.2) is 41.2 Å². The highest BCUT2D eigenvalue weighted by Gasteiger charge is 2.12. The van der Waals surface area contributed by atoms with E-state index in [1.165, 1.54) is 11.1 Å². The number of aromatic nitrogens is 2. The maximum atomic E-state index is 12.6. The van der Waals surface area contributed by atoms with E-state index < -0.39 is 0 Å². The van der Waals surface area contributed by atoms with Crippen LogP contribution < -0.4 is 5.43 Å². The fraction of sp³-hybridized carbons (Fsp3) is 0.176. The lowest BCUT2D eigenvalue weighted by molar-refractivity contribution is 1.07. The van der Waals surface area contributed by atoms with Crippen molar-refractivity contribution in [1.29, 1.82) is 0 Å². The van der Waals surface area contributed by atoms with E-state index in [4.69, 9.17) is 0 Å². The molecule has 0 atom stereocenters. The highest BCUT2D eigenvalue weighted by molar-refractivity contribution is 5.82. The number of aromatic amines is 1. The van der Waals surface area contributed by atoms with Crippen molar-refractivity contribution in [3.8, 4) is 11.3 Å². The van der Waals surface area contributed by atoms with Crippen molar-refractivity contribution in [3.05, 3.63) is 63.3 Å². The molecule has 100 valence electrons. The number of H-pyrrole nitrogens is 1. The van der Waals surface area contributed by atoms with Crippen LogP contribution in [0.5, 0.6) is 0 Å². The van der Waals surface area contributed by atoms with Gasteiger partial charge in [-0.3, -0.25) is 9.89 Å². The van der Waals surface area contributed by atoms with Gasteiger partial charge in [0.15, 0.2) is 0 Å². The van der Waals surface area contributed by atoms with E-state index in [1.54, 1.807) is 0 Å². The summed E-state index contributed by atoms with van der Waals surface area (Å²) in [6, 6.07) is 11.6. The molecule has 0 aliphatic heterocycles. The van der Waals surface area contributed by atoms with Crippen LogP contribution in [-0.4, -0.2) is 10.2 Å². The van der Waals surface area contributed by atoms with Gasteiger partial charge >= 0.3 is 0 Å². The molecule has 0 spiro atoms. The van der Waals surface area contributed by atoms with E-state index in [0.717, 1.165) is 16.6 Å². The maximum Gasteiger partial charge on any atom is 0.215 e. The number of fused-ring (bicyclic) bond motifs is 1. The molecule has 2 aromatic carbocycles. The standard InChI is InChI=1S/C17H16N2O/c1-10-8-12(3)14(9-11(10)2)16-17(20)13-6-4-5-7-15(13)18-19-16/h4-9H,1-3H3,(H,18,20). The van der Waals surface area contributed by atoms with E-state index in [9.17, 15) is 4.79 Å². The lowest BCUT2D eigenvalue weighted by Gasteiger charge is -2.09. The van der Waals surface area contributed by atoms with Gasteiger partial charge in [-0.2, -0.15) is 5.10 Å². The first kappa shape index (κ1) is 12.6. The van der Waals surface area contributed by atoms with Crippen molar-refractivity contribution in [1.82, 2.24) is 10.2 Å². The molecule has 1 aromatic heterocycles. The molecule has 0 fully saturated rings. The highest BCUT2D eigenvalue weighted by Crippen LogP contribution is 2.23. The molecule has 0 aliphatic rings. The molecule has 20 heavy (non-hydrogen) atoms. The van der Waals surface area contributed by atoms with E-state index in [0.29, 0.717) is 11.1 Å². The molecule has 3 heteroatoms. The second-order valence-corrected chi connectivity index (χ2v) is 5.20. The Morgan fingerprint density at radius 2 is 1.65 bits per heavy atom. The Balaban J connectivity index is 2.33. The highest BCUT2D eigenvalue weighted by atomic mass is 16.1. The molecule has 0 aliphatic carbocycles. The van der Waals surface area contributed by atoms with Gasteiger partial charge in [0.05, 0.1) is 5.52 Å². The number of hydrogen-bond acceptors (Lipinski definition) is 2. The van der Waals surface area contributed by atoms with Gasteiger partial charge in [0, 0.05) is 10.9 Å². The minimum atomic E-state index is -0.0225. The number of nitrogens with one attached hydrogen (secondary N) is 1. The van der Waals surface area contributed by atoms with Crippen LogP contribution in [0.2, 0.25) is 0 Å². The topological polar surface area (TPSA) is 45.8 Å². The van der Waals surface area contributed by atoms with Crippen molar-refractivity contribution >= 4 is 10.9 Å². The Kier molecular flexibility index (Phi) is 2.90. The SMILES string of the molecule is Cc1cc(C)c(-c2n[nH]c3ccccc3c2=O)cc1C. The van der Waals surface area contributed by atoms with Gasteiger partial charge in [-0.1, -0.05) is 18.2 Å². The third-order valence-corrected chi connectivity index (χ3v) is 3.77. The zero-order valence-corrected chi connectivity index (χ0v) is 11.8. The fourth-order valence-corrected chi connectivity index (χ4v) is 2.47. The normalized spacial score (nSPS) is 10.9. The molecular formula is C17H16N2O. The minimum absolute atomic E-state index is 0.0225. The van der Waals surface area contributed by atoms with E-state index in [1.807, 2.05) is 44.2 Å². The summed E-state index contributed by atoms with van der Waals surface area (Å²) in [5.41, 5.74) is 5.60. The Morgan fingerprint density at radius 3 is 2.45 bits per heavy atom. The van der Waals surface area contributed by atoms with Crippen molar-refractivity contribution in [2.75, 3.05) is 0 Å². The Bertz CT molecular complexity index is 862. The van der Waals surface area contributed by atoms with Crippen LogP contribution in [0, 0.1) is 20.8 Å². The Labute approximate surface area is 117 Å². The van der Waals surface area contributed by atoms with Crippen LogP contribution >= 0.6 is 0 Å². The molecule has 1 N–H and O–H groups in total. The first-order chi connectivity index (χ1) is 9.58. The molecule has 0 bridgehead atoms. The summed E-state index contributed by atoms with van der Waals surface area (Å²) >= 11 is 0. The predicted molar refractivity (Wildman–Crippen MR) is 82.0 cm³/mol. The molecule has 0 radical (unpaired) electrons. The number of nitrogens with zero attached hydrogens (tertiary/aromatic N) is 1. The zero-order chi connectivity index (χ0) is 14.3. The lowest BCUT2D eigenvalue weighted by atomic mass is 9.98. The van der Waals surface area contributed by atoms with Crippen molar-refractivity contribution in [3.63, 3.8) is 0 Å². The lowest BCUT2D eigenvalue weighted by Crippen LogP contribution is -2.10. The van der Waals surface area contributed by atoms with Crippen molar-refractivity contribution < 1.29 is 0 Å². The van der Waals surface area contributed by atoms with Gasteiger partial charge in [-0.15, -0.1) is 0 Å². The van der Waals surface area contributed by atoms with E-state index >= 15 is 0 Å². The van der Waals surface area contributed by atoms with Crippen molar-refractivity contribution in [2.24, 2.45) is 0 Å². The fourth-order valence-electron chi connectivity index (χ4n) is 2.47. The average molecular weight is 264 g/mol. The Hall–Kier alpha value is -2.42. The van der Waals surface area contributed by atoms with Gasteiger partial charge in [-0.25, -0.2) is 0 Å². The number of aryl methyl sites for hydroxylation is 3. The largest absolute Gasteiger partial charge is 0.287 e. The van der Waals surface area contributed by atoms with Crippen LogP contribution in [0.4, 0.5) is 0 Å². The first-order valence-electron chi connectivity index (χ1n) is 6.63. The second kappa shape index (κ2) is 4.60. The Morgan fingerprint density at radius 1 is 0.950 bits per heavy atom. The summed E-state index contributed by atoms with van der Waals surface area (Å²) in [6.45, 7) is 6.13. The predicted octanol–water partition coefficient (Wildman–Crippen LogP) is 3.52. The van der Waals surface area contributed by atoms with Gasteiger partial charge in [0.1, 0.15) is 5.69 Å². The molecule has 3 nitrogen and oxygen atoms in total. The summed E-state index contributed by atoms with van der Waals surface area (Å²) in [4.78, 5) is 12.6. The van der Waals surface area contributed by atoms with E-state index in [2.05, 4.69) is 23.2 Å². The quantitative estimate of drug-likeness (QED) is 0.731. The molecule has 1 heterocycles. The van der Waals surface area contributed by atoms with Crippen LogP contribution in [0.1, 0.15) is 16.7 Å². The monoisotopic (exact) mass is 264 g/mol. The maximum absolute atomic E-state index is 12.6. The van der Waals surface area contributed by atoms with Crippen LogP contribution in [-0.2, 0) is 0 Å².